The molecule has 0 aliphatic rings. The highest BCUT2D eigenvalue weighted by molar-refractivity contribution is 6.33. The van der Waals surface area contributed by atoms with E-state index >= 15 is 0 Å². The number of anilines is 1. The molecule has 0 saturated carbocycles. The number of rotatable bonds is 3. The fourth-order valence-corrected chi connectivity index (χ4v) is 2.10. The van der Waals surface area contributed by atoms with Crippen LogP contribution in [0.15, 0.2) is 36.4 Å². The summed E-state index contributed by atoms with van der Waals surface area (Å²) in [6.07, 6.45) is 0. The smallest absolute Gasteiger partial charge is 0.288 e. The summed E-state index contributed by atoms with van der Waals surface area (Å²) in [6.45, 7) is 1.65. The molecule has 0 aliphatic carbocycles. The van der Waals surface area contributed by atoms with E-state index in [0.717, 1.165) is 0 Å². The third kappa shape index (κ3) is 3.51. The molecular formula is C14H10Cl2N2O3. The number of amides is 1. The highest BCUT2D eigenvalue weighted by atomic mass is 35.5. The Labute approximate surface area is 130 Å². The molecule has 0 heterocycles. The van der Waals surface area contributed by atoms with Crippen molar-refractivity contribution in [3.8, 4) is 0 Å². The summed E-state index contributed by atoms with van der Waals surface area (Å²) < 4.78 is 0. The van der Waals surface area contributed by atoms with Crippen LogP contribution in [-0.4, -0.2) is 10.8 Å². The van der Waals surface area contributed by atoms with Crippen LogP contribution in [-0.2, 0) is 0 Å². The number of nitro groups is 1. The maximum absolute atomic E-state index is 12.1. The van der Waals surface area contributed by atoms with E-state index in [-0.39, 0.29) is 16.6 Å². The second kappa shape index (κ2) is 6.11. The van der Waals surface area contributed by atoms with E-state index < -0.39 is 4.92 Å². The normalized spacial score (nSPS) is 10.2. The Bertz CT molecular complexity index is 715. The number of benzene rings is 2. The fraction of sp³-hybridized carbons (Fsp3) is 0.0714. The molecule has 1 amide bonds. The highest BCUT2D eigenvalue weighted by Crippen LogP contribution is 2.30. The van der Waals surface area contributed by atoms with Crippen LogP contribution in [0.2, 0.25) is 10.0 Å². The van der Waals surface area contributed by atoms with E-state index in [9.17, 15) is 14.9 Å². The zero-order chi connectivity index (χ0) is 15.6. The monoisotopic (exact) mass is 324 g/mol. The Morgan fingerprint density at radius 2 is 1.81 bits per heavy atom. The number of halogens is 2. The zero-order valence-corrected chi connectivity index (χ0v) is 12.4. The molecule has 0 aromatic heterocycles. The van der Waals surface area contributed by atoms with Gasteiger partial charge in [0.2, 0.25) is 0 Å². The number of nitrogens with zero attached hydrogens (tertiary/aromatic N) is 1. The molecule has 0 fully saturated rings. The number of aryl methyl sites for hydroxylation is 1. The van der Waals surface area contributed by atoms with Crippen LogP contribution >= 0.6 is 23.2 Å². The molecule has 0 atom stereocenters. The lowest BCUT2D eigenvalue weighted by Crippen LogP contribution is -2.12. The molecule has 0 radical (unpaired) electrons. The minimum atomic E-state index is -0.569. The summed E-state index contributed by atoms with van der Waals surface area (Å²) in [6, 6.07) is 9.06. The Morgan fingerprint density at radius 1 is 1.19 bits per heavy atom. The second-order valence-corrected chi connectivity index (χ2v) is 5.18. The molecule has 2 rings (SSSR count). The van der Waals surface area contributed by atoms with Gasteiger partial charge in [-0.25, -0.2) is 0 Å². The van der Waals surface area contributed by atoms with Gasteiger partial charge in [0.15, 0.2) is 0 Å². The van der Waals surface area contributed by atoms with Crippen LogP contribution in [0.3, 0.4) is 0 Å². The molecule has 0 unspecified atom stereocenters. The van der Waals surface area contributed by atoms with Crippen molar-refractivity contribution in [2.75, 3.05) is 5.32 Å². The molecule has 1 N–H and O–H groups in total. The van der Waals surface area contributed by atoms with E-state index in [0.29, 0.717) is 21.8 Å². The summed E-state index contributed by atoms with van der Waals surface area (Å²) in [5.74, 6) is -0.348. The number of hydrogen-bond donors (Lipinski definition) is 1. The summed E-state index contributed by atoms with van der Waals surface area (Å²) in [7, 11) is 0. The lowest BCUT2D eigenvalue weighted by atomic mass is 10.1. The van der Waals surface area contributed by atoms with Crippen LogP contribution in [0.1, 0.15) is 15.9 Å². The first-order valence-corrected chi connectivity index (χ1v) is 6.65. The summed E-state index contributed by atoms with van der Waals surface area (Å²) >= 11 is 11.6. The molecule has 0 aliphatic heterocycles. The zero-order valence-electron chi connectivity index (χ0n) is 10.9. The molecule has 2 aromatic carbocycles. The molecule has 2 aromatic rings. The first-order valence-electron chi connectivity index (χ1n) is 5.90. The number of nitrogens with one attached hydrogen (secondary N) is 1. The van der Waals surface area contributed by atoms with Gasteiger partial charge >= 0.3 is 0 Å². The molecule has 0 spiro atoms. The van der Waals surface area contributed by atoms with E-state index in [1.807, 2.05) is 0 Å². The summed E-state index contributed by atoms with van der Waals surface area (Å²) in [5.41, 5.74) is 1.20. The van der Waals surface area contributed by atoms with Gasteiger partial charge in [-0.2, -0.15) is 0 Å². The van der Waals surface area contributed by atoms with E-state index in [2.05, 4.69) is 5.32 Å². The van der Waals surface area contributed by atoms with Crippen molar-refractivity contribution >= 4 is 40.5 Å². The first-order chi connectivity index (χ1) is 9.88. The van der Waals surface area contributed by atoms with Crippen molar-refractivity contribution in [3.05, 3.63) is 67.7 Å². The first kappa shape index (κ1) is 15.3. The van der Waals surface area contributed by atoms with Crippen LogP contribution in [0.4, 0.5) is 11.4 Å². The van der Waals surface area contributed by atoms with Crippen LogP contribution in [0.5, 0.6) is 0 Å². The molecule has 108 valence electrons. The van der Waals surface area contributed by atoms with Crippen LogP contribution in [0, 0.1) is 17.0 Å². The van der Waals surface area contributed by atoms with Crippen molar-refractivity contribution in [3.63, 3.8) is 0 Å². The topological polar surface area (TPSA) is 72.2 Å². The molecule has 0 saturated heterocycles. The van der Waals surface area contributed by atoms with E-state index in [4.69, 9.17) is 23.2 Å². The van der Waals surface area contributed by atoms with Gasteiger partial charge < -0.3 is 5.32 Å². The van der Waals surface area contributed by atoms with Crippen molar-refractivity contribution in [1.29, 1.82) is 0 Å². The van der Waals surface area contributed by atoms with Gasteiger partial charge in [-0.1, -0.05) is 23.2 Å². The second-order valence-electron chi connectivity index (χ2n) is 4.34. The van der Waals surface area contributed by atoms with Gasteiger partial charge in [0.1, 0.15) is 5.02 Å². The van der Waals surface area contributed by atoms with Gasteiger partial charge in [0, 0.05) is 22.3 Å². The minimum Gasteiger partial charge on any atom is -0.322 e. The van der Waals surface area contributed by atoms with Gasteiger partial charge in [0.05, 0.1) is 4.92 Å². The van der Waals surface area contributed by atoms with Crippen molar-refractivity contribution in [2.24, 2.45) is 0 Å². The van der Waals surface area contributed by atoms with Crippen LogP contribution in [0.25, 0.3) is 0 Å². The number of carbonyl (C=O) groups is 1. The maximum atomic E-state index is 12.1. The predicted molar refractivity (Wildman–Crippen MR) is 82.2 cm³/mol. The molecule has 0 bridgehead atoms. The van der Waals surface area contributed by atoms with Crippen molar-refractivity contribution in [1.82, 2.24) is 0 Å². The average Bonchev–Trinajstić information content (AvgIpc) is 2.42. The van der Waals surface area contributed by atoms with Gasteiger partial charge in [-0.05, 0) is 42.8 Å². The average molecular weight is 325 g/mol. The number of carbonyl (C=O) groups excluding carboxylic acids is 1. The Morgan fingerprint density at radius 3 is 2.38 bits per heavy atom. The van der Waals surface area contributed by atoms with E-state index in [1.165, 1.54) is 12.1 Å². The molecule has 5 nitrogen and oxygen atoms in total. The van der Waals surface area contributed by atoms with Crippen LogP contribution < -0.4 is 5.32 Å². The predicted octanol–water partition coefficient (Wildman–Crippen LogP) is 4.46. The lowest BCUT2D eigenvalue weighted by molar-refractivity contribution is -0.384. The largest absolute Gasteiger partial charge is 0.322 e. The van der Waals surface area contributed by atoms with Crippen molar-refractivity contribution < 1.29 is 9.72 Å². The highest BCUT2D eigenvalue weighted by Gasteiger charge is 2.16. The Balaban J connectivity index is 2.27. The molecular weight excluding hydrogens is 315 g/mol. The van der Waals surface area contributed by atoms with Gasteiger partial charge in [-0.3, -0.25) is 14.9 Å². The maximum Gasteiger partial charge on any atom is 0.288 e. The third-order valence-electron chi connectivity index (χ3n) is 2.85. The lowest BCUT2D eigenvalue weighted by Gasteiger charge is -2.09. The summed E-state index contributed by atoms with van der Waals surface area (Å²) in [5, 5.41) is 13.9. The molecule has 7 heteroatoms. The standard InChI is InChI=1S/C14H10Cl2N2O3/c1-8-6-13(18(20)21)11(16)7-12(8)17-14(19)9-2-4-10(15)5-3-9/h2-7H,1H3,(H,17,19). The SMILES string of the molecule is Cc1cc([N+](=O)[O-])c(Cl)cc1NC(=O)c1ccc(Cl)cc1. The van der Waals surface area contributed by atoms with Gasteiger partial charge in [-0.15, -0.1) is 0 Å². The third-order valence-corrected chi connectivity index (χ3v) is 3.40. The van der Waals surface area contributed by atoms with Crippen molar-refractivity contribution in [2.45, 2.75) is 6.92 Å². The molecule has 21 heavy (non-hydrogen) atoms. The van der Waals surface area contributed by atoms with E-state index in [1.54, 1.807) is 31.2 Å². The number of nitro benzene ring substituents is 1. The minimum absolute atomic E-state index is 0.0305. The fourth-order valence-electron chi connectivity index (χ4n) is 1.74. The quantitative estimate of drug-likeness (QED) is 0.669. The Kier molecular flexibility index (Phi) is 4.45. The summed E-state index contributed by atoms with van der Waals surface area (Å²) in [4.78, 5) is 22.3. The van der Waals surface area contributed by atoms with Gasteiger partial charge in [0.25, 0.3) is 11.6 Å². The Hall–Kier alpha value is -2.11. The number of hydrogen-bond acceptors (Lipinski definition) is 3.